The average molecular weight is 358 g/mol. The van der Waals surface area contributed by atoms with Gasteiger partial charge in [-0.05, 0) is 37.8 Å². The Bertz CT molecular complexity index is 847. The number of carbonyl (C=O) groups excluding carboxylic acids is 3. The summed E-state index contributed by atoms with van der Waals surface area (Å²) in [5.74, 6) is -1.28. The van der Waals surface area contributed by atoms with Gasteiger partial charge in [-0.15, -0.1) is 0 Å². The van der Waals surface area contributed by atoms with Crippen LogP contribution in [0.15, 0.2) is 18.2 Å². The van der Waals surface area contributed by atoms with Gasteiger partial charge in [-0.3, -0.25) is 30.3 Å². The van der Waals surface area contributed by atoms with Crippen LogP contribution < -0.4 is 15.5 Å². The molecule has 0 radical (unpaired) electrons. The summed E-state index contributed by atoms with van der Waals surface area (Å²) in [7, 11) is 0. The molecule has 1 spiro atoms. The van der Waals surface area contributed by atoms with Crippen LogP contribution in [0.1, 0.15) is 31.7 Å². The number of imide groups is 2. The first-order valence-electron chi connectivity index (χ1n) is 8.51. The van der Waals surface area contributed by atoms with E-state index in [0.29, 0.717) is 18.5 Å². The number of non-ortho nitro benzene ring substituents is 1. The Labute approximate surface area is 148 Å². The number of hydrogen-bond acceptors (Lipinski definition) is 6. The minimum absolute atomic E-state index is 0.0158. The number of nitro groups is 1. The summed E-state index contributed by atoms with van der Waals surface area (Å²) in [4.78, 5) is 50.1. The Morgan fingerprint density at radius 2 is 1.85 bits per heavy atom. The maximum Gasteiger partial charge on any atom is 0.328 e. The summed E-state index contributed by atoms with van der Waals surface area (Å²) >= 11 is 0. The molecule has 136 valence electrons. The molecule has 9 nitrogen and oxygen atoms in total. The number of barbiturate groups is 1. The highest BCUT2D eigenvalue weighted by Crippen LogP contribution is 2.53. The van der Waals surface area contributed by atoms with E-state index < -0.39 is 33.7 Å². The van der Waals surface area contributed by atoms with Gasteiger partial charge in [-0.2, -0.15) is 0 Å². The number of piperidine rings is 1. The number of fused-ring (bicyclic) bond motifs is 4. The van der Waals surface area contributed by atoms with Crippen molar-refractivity contribution in [2.75, 3.05) is 11.4 Å². The van der Waals surface area contributed by atoms with Crippen LogP contribution >= 0.6 is 0 Å². The number of nitro benzene ring substituents is 1. The largest absolute Gasteiger partial charge is 0.364 e. The Kier molecular flexibility index (Phi) is 3.34. The van der Waals surface area contributed by atoms with E-state index >= 15 is 0 Å². The van der Waals surface area contributed by atoms with Crippen molar-refractivity contribution in [1.29, 1.82) is 0 Å². The molecule has 4 amide bonds. The van der Waals surface area contributed by atoms with E-state index in [1.807, 2.05) is 11.8 Å². The van der Waals surface area contributed by atoms with Gasteiger partial charge >= 0.3 is 6.03 Å². The molecule has 26 heavy (non-hydrogen) atoms. The molecule has 0 aromatic heterocycles. The van der Waals surface area contributed by atoms with Crippen LogP contribution in [0.3, 0.4) is 0 Å². The van der Waals surface area contributed by atoms with Gasteiger partial charge in [0.1, 0.15) is 0 Å². The third kappa shape index (κ3) is 1.94. The second-order valence-electron chi connectivity index (χ2n) is 7.27. The molecule has 3 heterocycles. The van der Waals surface area contributed by atoms with E-state index in [-0.39, 0.29) is 12.1 Å². The van der Waals surface area contributed by atoms with Crippen LogP contribution in [0.4, 0.5) is 16.2 Å². The van der Waals surface area contributed by atoms with E-state index in [1.165, 1.54) is 12.1 Å². The fraction of sp³-hybridized carbons (Fsp3) is 0.471. The van der Waals surface area contributed by atoms with Crippen molar-refractivity contribution in [1.82, 2.24) is 10.6 Å². The summed E-state index contributed by atoms with van der Waals surface area (Å²) in [5.41, 5.74) is -1.04. The van der Waals surface area contributed by atoms with E-state index in [1.54, 1.807) is 6.07 Å². The van der Waals surface area contributed by atoms with Crippen molar-refractivity contribution in [3.05, 3.63) is 33.9 Å². The van der Waals surface area contributed by atoms with Gasteiger partial charge in [0, 0.05) is 30.8 Å². The second kappa shape index (κ2) is 5.26. The Morgan fingerprint density at radius 3 is 2.50 bits per heavy atom. The summed E-state index contributed by atoms with van der Waals surface area (Å²) < 4.78 is 0. The van der Waals surface area contributed by atoms with Gasteiger partial charge in [0.05, 0.1) is 10.5 Å². The third-order valence-electron chi connectivity index (χ3n) is 6.06. The lowest BCUT2D eigenvalue weighted by molar-refractivity contribution is -0.384. The number of benzene rings is 1. The van der Waals surface area contributed by atoms with Crippen LogP contribution in [0.25, 0.3) is 0 Å². The predicted molar refractivity (Wildman–Crippen MR) is 90.5 cm³/mol. The van der Waals surface area contributed by atoms with Crippen molar-refractivity contribution < 1.29 is 19.3 Å². The molecule has 4 rings (SSSR count). The van der Waals surface area contributed by atoms with Crippen molar-refractivity contribution in [3.8, 4) is 0 Å². The van der Waals surface area contributed by atoms with Gasteiger partial charge in [0.25, 0.3) is 5.69 Å². The summed E-state index contributed by atoms with van der Waals surface area (Å²) in [6.07, 6.45) is 2.37. The average Bonchev–Trinajstić information content (AvgIpc) is 2.58. The highest BCUT2D eigenvalue weighted by atomic mass is 16.6. The van der Waals surface area contributed by atoms with E-state index in [2.05, 4.69) is 10.6 Å². The maximum absolute atomic E-state index is 12.9. The summed E-state index contributed by atoms with van der Waals surface area (Å²) in [6, 6.07) is 3.72. The second-order valence-corrected chi connectivity index (χ2v) is 7.27. The highest BCUT2D eigenvalue weighted by Gasteiger charge is 2.66. The summed E-state index contributed by atoms with van der Waals surface area (Å²) in [5, 5.41) is 15.6. The lowest BCUT2D eigenvalue weighted by atomic mass is 9.58. The lowest BCUT2D eigenvalue weighted by Crippen LogP contribution is -2.76. The van der Waals surface area contributed by atoms with Crippen LogP contribution in [0, 0.1) is 15.5 Å². The van der Waals surface area contributed by atoms with Crippen molar-refractivity contribution in [2.24, 2.45) is 5.41 Å². The van der Waals surface area contributed by atoms with Crippen LogP contribution in [-0.4, -0.2) is 34.9 Å². The Morgan fingerprint density at radius 1 is 1.15 bits per heavy atom. The first-order chi connectivity index (χ1) is 12.3. The van der Waals surface area contributed by atoms with Gasteiger partial charge < -0.3 is 4.90 Å². The fourth-order valence-corrected chi connectivity index (χ4v) is 4.72. The van der Waals surface area contributed by atoms with Crippen LogP contribution in [0.2, 0.25) is 0 Å². The quantitative estimate of drug-likeness (QED) is 0.443. The van der Waals surface area contributed by atoms with Crippen molar-refractivity contribution in [3.63, 3.8) is 0 Å². The number of nitrogens with zero attached hydrogens (tertiary/aromatic N) is 2. The molecule has 1 aromatic carbocycles. The number of nitrogens with one attached hydrogen (secondary N) is 2. The molecule has 0 saturated carbocycles. The van der Waals surface area contributed by atoms with Crippen LogP contribution in [-0.2, 0) is 16.0 Å². The zero-order chi connectivity index (χ0) is 18.7. The molecule has 2 saturated heterocycles. The van der Waals surface area contributed by atoms with Gasteiger partial charge in [-0.25, -0.2) is 4.79 Å². The molecule has 3 aliphatic heterocycles. The molecule has 1 atom stereocenters. The zero-order valence-corrected chi connectivity index (χ0v) is 14.2. The number of rotatable bonds is 1. The maximum atomic E-state index is 12.9. The standard InChI is InChI=1S/C17H18N4O5/c1-16-6-2-3-7-20(16)12-5-4-11(21(25)26)8-10(12)9-17(16)13(22)18-15(24)19-14(17)23/h4-5,8H,2-3,6-7,9H2,1H3,(H2,18,19,22,23,24)/t16-/m0/s1. The third-order valence-corrected chi connectivity index (χ3v) is 6.06. The van der Waals surface area contributed by atoms with E-state index in [9.17, 15) is 24.5 Å². The molecule has 1 aromatic rings. The SMILES string of the molecule is C[C@@]12CCCCN1c1ccc([N+](=O)[O-])cc1CC21C(=O)NC(=O)NC1=O. The molecule has 0 bridgehead atoms. The number of carbonyl (C=O) groups is 3. The smallest absolute Gasteiger partial charge is 0.328 e. The number of anilines is 1. The number of hydrogen-bond donors (Lipinski definition) is 2. The first-order valence-corrected chi connectivity index (χ1v) is 8.51. The van der Waals surface area contributed by atoms with Crippen LogP contribution in [0.5, 0.6) is 0 Å². The normalized spacial score (nSPS) is 26.7. The molecular formula is C17H18N4O5. The predicted octanol–water partition coefficient (Wildman–Crippen LogP) is 1.25. The molecule has 2 fully saturated rings. The zero-order valence-electron chi connectivity index (χ0n) is 14.2. The van der Waals surface area contributed by atoms with Crippen molar-refractivity contribution >= 4 is 29.2 Å². The fourth-order valence-electron chi connectivity index (χ4n) is 4.72. The van der Waals surface area contributed by atoms with Gasteiger partial charge in [0.15, 0.2) is 5.41 Å². The minimum Gasteiger partial charge on any atom is -0.364 e. The Hall–Kier alpha value is -2.97. The summed E-state index contributed by atoms with van der Waals surface area (Å²) in [6.45, 7) is 2.50. The molecule has 0 aliphatic carbocycles. The number of urea groups is 1. The minimum atomic E-state index is -1.51. The molecular weight excluding hydrogens is 340 g/mol. The van der Waals surface area contributed by atoms with E-state index in [4.69, 9.17) is 0 Å². The molecule has 2 N–H and O–H groups in total. The van der Waals surface area contributed by atoms with E-state index in [0.717, 1.165) is 18.5 Å². The molecule has 0 unspecified atom stereocenters. The topological polar surface area (TPSA) is 122 Å². The molecule has 3 aliphatic rings. The van der Waals surface area contributed by atoms with Gasteiger partial charge in [-0.1, -0.05) is 0 Å². The number of amides is 4. The molecule has 9 heteroatoms. The monoisotopic (exact) mass is 358 g/mol. The first kappa shape index (κ1) is 16.5. The highest BCUT2D eigenvalue weighted by molar-refractivity contribution is 6.21. The lowest BCUT2D eigenvalue weighted by Gasteiger charge is -2.59. The van der Waals surface area contributed by atoms with Crippen molar-refractivity contribution in [2.45, 2.75) is 38.1 Å². The van der Waals surface area contributed by atoms with Gasteiger partial charge in [0.2, 0.25) is 11.8 Å². The Balaban J connectivity index is 1.94.